The fraction of sp³-hybridized carbons (Fsp3) is 0.643. The van der Waals surface area contributed by atoms with Crippen LogP contribution in [0.2, 0.25) is 0 Å². The third-order valence-electron chi connectivity index (χ3n) is 3.04. The van der Waals surface area contributed by atoms with Gasteiger partial charge >= 0.3 is 36.1 Å². The number of rotatable bonds is 11. The topological polar surface area (TPSA) is 216 Å². The molecule has 0 aliphatic rings. The normalized spacial score (nSPS) is 12.6. The van der Waals surface area contributed by atoms with Gasteiger partial charge in [0.25, 0.3) is 0 Å². The summed E-state index contributed by atoms with van der Waals surface area (Å²) in [5.41, 5.74) is 5.29. The summed E-state index contributed by atoms with van der Waals surface area (Å²) in [6.07, 6.45) is -4.56. The van der Waals surface area contributed by atoms with Gasteiger partial charge in [0.2, 0.25) is 0 Å². The number of amides is 2. The summed E-state index contributed by atoms with van der Waals surface area (Å²) in [4.78, 5) is 52.9. The fourth-order valence-electron chi connectivity index (χ4n) is 1.63. The average Bonchev–Trinajstić information content (AvgIpc) is 2.56. The van der Waals surface area contributed by atoms with Crippen LogP contribution in [0.5, 0.6) is 0 Å². The summed E-state index contributed by atoms with van der Waals surface area (Å²) in [5.74, 6) is -6.60. The number of hydrogen-bond acceptors (Lipinski definition) is 6. The number of carbonyl (C=O) groups is 5. The number of carbonyl (C=O) groups excluding carboxylic acids is 1. The van der Waals surface area contributed by atoms with E-state index in [0.717, 1.165) is 0 Å². The third kappa shape index (κ3) is 15.6. The number of hydrogen-bond donors (Lipinski definition) is 7. The van der Waals surface area contributed by atoms with E-state index in [-0.39, 0.29) is 12.8 Å². The summed E-state index contributed by atoms with van der Waals surface area (Å²) in [5, 5.41) is 37.7. The van der Waals surface area contributed by atoms with Crippen molar-refractivity contribution in [2.45, 2.75) is 50.4 Å². The average molecular weight is 433 g/mol. The van der Waals surface area contributed by atoms with Crippen molar-refractivity contribution in [3.8, 4) is 0 Å². The van der Waals surface area contributed by atoms with Gasteiger partial charge < -0.3 is 36.8 Å². The van der Waals surface area contributed by atoms with E-state index in [1.807, 2.05) is 5.32 Å². The van der Waals surface area contributed by atoms with Gasteiger partial charge in [-0.15, -0.1) is 0 Å². The Labute approximate surface area is 161 Å². The highest BCUT2D eigenvalue weighted by Gasteiger charge is 2.38. The number of nitrogens with two attached hydrogens (primary N) is 1. The molecule has 0 saturated carbocycles. The zero-order chi connectivity index (χ0) is 23.2. The van der Waals surface area contributed by atoms with Crippen molar-refractivity contribution >= 4 is 29.9 Å². The number of unbranched alkanes of at least 4 members (excludes halogenated alkanes) is 1. The van der Waals surface area contributed by atoms with E-state index in [0.29, 0.717) is 19.4 Å². The molecule has 0 aromatic carbocycles. The summed E-state index contributed by atoms with van der Waals surface area (Å²) in [6.45, 7) is 0.398. The molecule has 0 fully saturated rings. The molecule has 0 spiro atoms. The van der Waals surface area contributed by atoms with Gasteiger partial charge in [-0.2, -0.15) is 13.2 Å². The monoisotopic (exact) mass is 433 g/mol. The number of carboxylic acids is 4. The largest absolute Gasteiger partial charge is 0.490 e. The maximum atomic E-state index is 11.6. The fourth-order valence-corrected chi connectivity index (χ4v) is 1.63. The summed E-state index contributed by atoms with van der Waals surface area (Å²) in [7, 11) is 0. The molecule has 0 aliphatic heterocycles. The van der Waals surface area contributed by atoms with Crippen LogP contribution < -0.4 is 16.4 Å². The number of halogens is 3. The molecule has 0 bridgehead atoms. The van der Waals surface area contributed by atoms with E-state index in [2.05, 4.69) is 5.32 Å². The summed E-state index contributed by atoms with van der Waals surface area (Å²) < 4.78 is 31.7. The number of carboxylic acid groups (broad SMARTS) is 4. The molecular formula is C14H22F3N3O9. The van der Waals surface area contributed by atoms with Gasteiger partial charge in [-0.05, 0) is 32.2 Å². The van der Waals surface area contributed by atoms with E-state index < -0.39 is 54.6 Å². The number of aliphatic carboxylic acids is 4. The Bertz CT molecular complexity index is 584. The lowest BCUT2D eigenvalue weighted by molar-refractivity contribution is -0.192. The minimum Gasteiger partial charge on any atom is -0.481 e. The van der Waals surface area contributed by atoms with E-state index in [9.17, 15) is 32.3 Å². The second-order valence-electron chi connectivity index (χ2n) is 5.42. The second kappa shape index (κ2) is 14.0. The molecule has 168 valence electrons. The lowest BCUT2D eigenvalue weighted by Gasteiger charge is -2.18. The third-order valence-corrected chi connectivity index (χ3v) is 3.04. The van der Waals surface area contributed by atoms with Crippen molar-refractivity contribution in [3.05, 3.63) is 0 Å². The first-order chi connectivity index (χ1) is 13.2. The van der Waals surface area contributed by atoms with Crippen LogP contribution in [0, 0.1) is 0 Å². The van der Waals surface area contributed by atoms with Crippen molar-refractivity contribution in [2.75, 3.05) is 6.54 Å². The Hall–Kier alpha value is -3.10. The maximum absolute atomic E-state index is 11.6. The van der Waals surface area contributed by atoms with Crippen molar-refractivity contribution in [2.24, 2.45) is 5.73 Å². The summed E-state index contributed by atoms with van der Waals surface area (Å²) in [6, 6.07) is -3.55. The summed E-state index contributed by atoms with van der Waals surface area (Å²) >= 11 is 0. The number of alkyl halides is 3. The molecule has 0 rings (SSSR count). The van der Waals surface area contributed by atoms with Crippen LogP contribution in [0.4, 0.5) is 18.0 Å². The van der Waals surface area contributed by atoms with Crippen LogP contribution in [0.1, 0.15) is 32.1 Å². The highest BCUT2D eigenvalue weighted by atomic mass is 19.4. The molecule has 8 N–H and O–H groups in total. The molecule has 12 nitrogen and oxygen atoms in total. The first kappa shape index (κ1) is 28.1. The first-order valence-electron chi connectivity index (χ1n) is 7.96. The molecule has 2 amide bonds. The van der Waals surface area contributed by atoms with Gasteiger partial charge in [0.05, 0.1) is 0 Å². The molecule has 0 aromatic rings. The molecule has 2 atom stereocenters. The van der Waals surface area contributed by atoms with Crippen molar-refractivity contribution in [3.63, 3.8) is 0 Å². The zero-order valence-corrected chi connectivity index (χ0v) is 14.9. The van der Waals surface area contributed by atoms with Gasteiger partial charge in [0.1, 0.15) is 12.1 Å². The molecule has 0 unspecified atom stereocenters. The number of urea groups is 1. The predicted molar refractivity (Wildman–Crippen MR) is 88.0 cm³/mol. The smallest absolute Gasteiger partial charge is 0.481 e. The molecule has 15 heteroatoms. The Balaban J connectivity index is 0. The molecule has 29 heavy (non-hydrogen) atoms. The van der Waals surface area contributed by atoms with Gasteiger partial charge in [-0.25, -0.2) is 19.2 Å². The van der Waals surface area contributed by atoms with Crippen LogP contribution in [-0.2, 0) is 19.2 Å². The second-order valence-corrected chi connectivity index (χ2v) is 5.42. The molecule has 0 radical (unpaired) electrons. The van der Waals surface area contributed by atoms with Crippen LogP contribution in [0.3, 0.4) is 0 Å². The van der Waals surface area contributed by atoms with Crippen LogP contribution in [0.25, 0.3) is 0 Å². The van der Waals surface area contributed by atoms with Gasteiger partial charge in [-0.3, -0.25) is 4.79 Å². The van der Waals surface area contributed by atoms with E-state index in [1.165, 1.54) is 0 Å². The minimum atomic E-state index is -5.08. The maximum Gasteiger partial charge on any atom is 0.490 e. The quantitative estimate of drug-likeness (QED) is 0.213. The van der Waals surface area contributed by atoms with Crippen molar-refractivity contribution in [1.82, 2.24) is 10.6 Å². The van der Waals surface area contributed by atoms with E-state index in [1.54, 1.807) is 0 Å². The first-order valence-corrected chi connectivity index (χ1v) is 7.96. The molecular weight excluding hydrogens is 411 g/mol. The zero-order valence-electron chi connectivity index (χ0n) is 14.9. The highest BCUT2D eigenvalue weighted by Crippen LogP contribution is 2.13. The SMILES string of the molecule is NCCCC[C@H](NC(=O)N[C@@H](CCC(=O)O)C(=O)O)C(=O)O.O=C(O)C(F)(F)F. The predicted octanol–water partition coefficient (Wildman–Crippen LogP) is -0.181. The van der Waals surface area contributed by atoms with Crippen molar-refractivity contribution in [1.29, 1.82) is 0 Å². The standard InChI is InChI=1S/C12H21N3O7.C2HF3O2/c13-6-2-1-3-7(10(18)19)14-12(22)15-8(11(20)21)4-5-9(16)17;3-2(4,5)1(6)7/h7-8H,1-6,13H2,(H,16,17)(H,18,19)(H,20,21)(H2,14,15,22);(H,6,7)/t7-,8-;/m0./s1. The minimum absolute atomic E-state index is 0.160. The lowest BCUT2D eigenvalue weighted by Crippen LogP contribution is -2.51. The van der Waals surface area contributed by atoms with Gasteiger partial charge in [0.15, 0.2) is 0 Å². The van der Waals surface area contributed by atoms with Crippen LogP contribution in [0.15, 0.2) is 0 Å². The molecule has 0 heterocycles. The van der Waals surface area contributed by atoms with Crippen LogP contribution in [-0.4, -0.2) is 75.1 Å². The Morgan fingerprint density at radius 3 is 1.55 bits per heavy atom. The Morgan fingerprint density at radius 2 is 1.24 bits per heavy atom. The van der Waals surface area contributed by atoms with E-state index in [4.69, 9.17) is 31.0 Å². The molecule has 0 aliphatic carbocycles. The highest BCUT2D eigenvalue weighted by molar-refractivity contribution is 5.86. The van der Waals surface area contributed by atoms with E-state index >= 15 is 0 Å². The molecule has 0 saturated heterocycles. The van der Waals surface area contributed by atoms with Crippen LogP contribution >= 0.6 is 0 Å². The molecule has 0 aromatic heterocycles. The lowest BCUT2D eigenvalue weighted by atomic mass is 10.1. The number of nitrogens with one attached hydrogen (secondary N) is 2. The Morgan fingerprint density at radius 1 is 0.828 bits per heavy atom. The van der Waals surface area contributed by atoms with Crippen molar-refractivity contribution < 1.29 is 57.6 Å². The van der Waals surface area contributed by atoms with Gasteiger partial charge in [-0.1, -0.05) is 0 Å². The Kier molecular flexibility index (Phi) is 13.5. The van der Waals surface area contributed by atoms with Gasteiger partial charge in [0, 0.05) is 6.42 Å².